The maximum absolute atomic E-state index is 14.4. The van der Waals surface area contributed by atoms with Crippen molar-refractivity contribution in [2.75, 3.05) is 36.1 Å². The molecule has 1 saturated carbocycles. The fraction of sp³-hybridized carbons (Fsp3) is 0.385. The van der Waals surface area contributed by atoms with Crippen molar-refractivity contribution in [3.05, 3.63) is 59.2 Å². The minimum Gasteiger partial charge on any atom is -0.381 e. The van der Waals surface area contributed by atoms with Crippen LogP contribution in [0, 0.1) is 17.0 Å². The summed E-state index contributed by atoms with van der Waals surface area (Å²) in [7, 11) is 2.11. The van der Waals surface area contributed by atoms with Crippen LogP contribution in [0.3, 0.4) is 0 Å². The van der Waals surface area contributed by atoms with Crippen molar-refractivity contribution in [3.8, 4) is 0 Å². The Bertz CT molecular complexity index is 1170. The smallest absolute Gasteiger partial charge is 0.235 e. The van der Waals surface area contributed by atoms with E-state index in [0.717, 1.165) is 80.0 Å². The van der Waals surface area contributed by atoms with Crippen LogP contribution in [0.5, 0.6) is 0 Å². The number of hydrogen-bond donors (Lipinski definition) is 4. The highest BCUT2D eigenvalue weighted by Crippen LogP contribution is 2.54. The van der Waals surface area contributed by atoms with Gasteiger partial charge >= 0.3 is 0 Å². The van der Waals surface area contributed by atoms with Crippen LogP contribution >= 0.6 is 0 Å². The van der Waals surface area contributed by atoms with Gasteiger partial charge in [-0.2, -0.15) is 0 Å². The summed E-state index contributed by atoms with van der Waals surface area (Å²) >= 11 is 0. The minimum absolute atomic E-state index is 0.0347. The zero-order valence-corrected chi connectivity index (χ0v) is 19.2. The molecule has 6 nitrogen and oxygen atoms in total. The zero-order chi connectivity index (χ0) is 23.9. The molecule has 0 aromatic heterocycles. The Balaban J connectivity index is 1.55. The third-order valence-electron chi connectivity index (χ3n) is 7.37. The molecular weight excluding hydrogens is 436 g/mol. The number of nitrogens with one attached hydrogen (secondary N) is 4. The van der Waals surface area contributed by atoms with Gasteiger partial charge in [0.2, 0.25) is 5.91 Å². The molecule has 2 aromatic rings. The van der Waals surface area contributed by atoms with Gasteiger partial charge in [0.05, 0.1) is 22.5 Å². The lowest BCUT2D eigenvalue weighted by Crippen LogP contribution is -2.40. The molecule has 1 aliphatic carbocycles. The van der Waals surface area contributed by atoms with Crippen LogP contribution in [0.1, 0.15) is 43.2 Å². The predicted molar refractivity (Wildman–Crippen MR) is 131 cm³/mol. The van der Waals surface area contributed by atoms with Crippen LogP contribution in [-0.4, -0.2) is 43.2 Å². The molecule has 0 atom stereocenters. The van der Waals surface area contributed by atoms with Gasteiger partial charge in [-0.1, -0.05) is 6.42 Å². The SMILES string of the molecule is CN1CCC(Nc2cc(/C(=C/C=N)Nc3ccc(F)cc3F)cc3c2NC(=O)C32CCC2)CC1. The molecule has 2 fully saturated rings. The summed E-state index contributed by atoms with van der Waals surface area (Å²) in [6.45, 7) is 2.00. The predicted octanol–water partition coefficient (Wildman–Crippen LogP) is 4.95. The quantitative estimate of drug-likeness (QED) is 0.455. The van der Waals surface area contributed by atoms with Gasteiger partial charge in [-0.05, 0) is 81.7 Å². The lowest BCUT2D eigenvalue weighted by atomic mass is 9.65. The first-order chi connectivity index (χ1) is 16.4. The number of piperidine rings is 1. The number of hydrogen-bond acceptors (Lipinski definition) is 5. The highest BCUT2D eigenvalue weighted by molar-refractivity contribution is 6.10. The van der Waals surface area contributed by atoms with Crippen molar-refractivity contribution in [3.63, 3.8) is 0 Å². The molecule has 2 aromatic carbocycles. The number of likely N-dealkylation sites (tertiary alicyclic amines) is 1. The topological polar surface area (TPSA) is 80.2 Å². The number of carbonyl (C=O) groups is 1. The van der Waals surface area contributed by atoms with E-state index in [4.69, 9.17) is 5.41 Å². The van der Waals surface area contributed by atoms with Crippen molar-refractivity contribution in [1.82, 2.24) is 4.90 Å². The molecule has 1 amide bonds. The first kappa shape index (κ1) is 22.5. The standard InChI is InChI=1S/C26H29F2N5O/c1-33-11-6-18(7-12-33)30-23-14-16(13-19-24(23)32-25(34)26(19)8-2-9-26)21(5-10-29)31-22-4-3-17(27)15-20(22)28/h3-5,10,13-15,18,29-31H,2,6-9,11-12H2,1H3,(H,32,34)/b21-5-,29-10?. The van der Waals surface area contributed by atoms with Crippen molar-refractivity contribution in [2.45, 2.75) is 43.6 Å². The van der Waals surface area contributed by atoms with Crippen LogP contribution in [-0.2, 0) is 10.2 Å². The van der Waals surface area contributed by atoms with Gasteiger partial charge in [0.25, 0.3) is 0 Å². The third kappa shape index (κ3) is 3.96. The average Bonchev–Trinajstić information content (AvgIpc) is 3.09. The summed E-state index contributed by atoms with van der Waals surface area (Å²) < 4.78 is 27.8. The van der Waals surface area contributed by atoms with E-state index in [9.17, 15) is 13.6 Å². The van der Waals surface area contributed by atoms with Crippen molar-refractivity contribution >= 4 is 34.9 Å². The number of anilines is 3. The van der Waals surface area contributed by atoms with Crippen molar-refractivity contribution < 1.29 is 13.6 Å². The Morgan fingerprint density at radius 1 is 1.18 bits per heavy atom. The van der Waals surface area contributed by atoms with Crippen LogP contribution in [0.15, 0.2) is 36.4 Å². The fourth-order valence-electron chi connectivity index (χ4n) is 5.21. The molecule has 0 unspecified atom stereocenters. The highest BCUT2D eigenvalue weighted by Gasteiger charge is 2.52. The number of halogens is 2. The first-order valence-electron chi connectivity index (χ1n) is 11.8. The summed E-state index contributed by atoms with van der Waals surface area (Å²) in [5.41, 5.74) is 3.46. The van der Waals surface area contributed by atoms with E-state index in [1.165, 1.54) is 12.1 Å². The maximum Gasteiger partial charge on any atom is 0.235 e. The Morgan fingerprint density at radius 3 is 2.59 bits per heavy atom. The largest absolute Gasteiger partial charge is 0.381 e. The van der Waals surface area contributed by atoms with Crippen LogP contribution in [0.25, 0.3) is 5.70 Å². The Labute approximate surface area is 197 Å². The van der Waals surface area contributed by atoms with Crippen molar-refractivity contribution in [1.29, 1.82) is 5.41 Å². The average molecular weight is 466 g/mol. The molecule has 1 saturated heterocycles. The number of amides is 1. The molecule has 0 radical (unpaired) electrons. The molecule has 8 heteroatoms. The van der Waals surface area contributed by atoms with E-state index in [1.54, 1.807) is 6.08 Å². The van der Waals surface area contributed by atoms with E-state index in [2.05, 4.69) is 27.9 Å². The van der Waals surface area contributed by atoms with E-state index in [0.29, 0.717) is 5.70 Å². The van der Waals surface area contributed by atoms with Crippen LogP contribution < -0.4 is 16.0 Å². The number of allylic oxidation sites excluding steroid dienone is 1. The van der Waals surface area contributed by atoms with Crippen LogP contribution in [0.4, 0.5) is 25.8 Å². The number of rotatable bonds is 6. The van der Waals surface area contributed by atoms with Gasteiger partial charge in [-0.25, -0.2) is 8.78 Å². The molecule has 2 heterocycles. The van der Waals surface area contributed by atoms with Crippen molar-refractivity contribution in [2.24, 2.45) is 0 Å². The van der Waals surface area contributed by atoms with Gasteiger partial charge in [0.15, 0.2) is 0 Å². The van der Waals surface area contributed by atoms with Gasteiger partial charge in [-0.3, -0.25) is 4.79 Å². The van der Waals surface area contributed by atoms with Gasteiger partial charge < -0.3 is 26.3 Å². The summed E-state index contributed by atoms with van der Waals surface area (Å²) in [6.07, 6.45) is 7.26. The minimum atomic E-state index is -0.714. The third-order valence-corrected chi connectivity index (χ3v) is 7.37. The van der Waals surface area contributed by atoms with E-state index in [-0.39, 0.29) is 17.6 Å². The number of fused-ring (bicyclic) bond motifs is 2. The molecule has 5 rings (SSSR count). The zero-order valence-electron chi connectivity index (χ0n) is 19.2. The van der Waals surface area contributed by atoms with Gasteiger partial charge in [-0.15, -0.1) is 0 Å². The van der Waals surface area contributed by atoms with E-state index in [1.807, 2.05) is 12.1 Å². The molecule has 3 aliphatic rings. The number of nitrogens with zero attached hydrogens (tertiary/aromatic N) is 1. The molecule has 178 valence electrons. The number of benzene rings is 2. The second-order valence-corrected chi connectivity index (χ2v) is 9.55. The fourth-order valence-corrected chi connectivity index (χ4v) is 5.21. The number of carbonyl (C=O) groups excluding carboxylic acids is 1. The Hall–Kier alpha value is -3.26. The highest BCUT2D eigenvalue weighted by atomic mass is 19.1. The van der Waals surface area contributed by atoms with Gasteiger partial charge in [0, 0.05) is 29.6 Å². The second-order valence-electron chi connectivity index (χ2n) is 9.55. The lowest BCUT2D eigenvalue weighted by molar-refractivity contribution is -0.123. The Morgan fingerprint density at radius 2 is 1.94 bits per heavy atom. The summed E-state index contributed by atoms with van der Waals surface area (Å²) in [5.74, 6) is -1.33. The summed E-state index contributed by atoms with van der Waals surface area (Å²) in [5, 5.41) is 17.4. The van der Waals surface area contributed by atoms with Gasteiger partial charge in [0.1, 0.15) is 11.6 Å². The van der Waals surface area contributed by atoms with Crippen LogP contribution in [0.2, 0.25) is 0 Å². The normalized spacial score (nSPS) is 20.0. The molecule has 1 spiro atoms. The monoisotopic (exact) mass is 465 g/mol. The molecule has 2 aliphatic heterocycles. The van der Waals surface area contributed by atoms with E-state index < -0.39 is 17.0 Å². The maximum atomic E-state index is 14.4. The molecule has 34 heavy (non-hydrogen) atoms. The molecule has 0 bridgehead atoms. The summed E-state index contributed by atoms with van der Waals surface area (Å²) in [6, 6.07) is 7.55. The second kappa shape index (κ2) is 8.83. The molecule has 4 N–H and O–H groups in total. The lowest BCUT2D eigenvalue weighted by Gasteiger charge is -2.36. The van der Waals surface area contributed by atoms with E-state index >= 15 is 0 Å². The Kier molecular flexibility index (Phi) is 5.85. The molecular formula is C26H29F2N5O. The summed E-state index contributed by atoms with van der Waals surface area (Å²) in [4.78, 5) is 15.3. The first-order valence-corrected chi connectivity index (χ1v) is 11.8.